The molecule has 1 aromatic rings. The second-order valence-electron chi connectivity index (χ2n) is 2.93. The fourth-order valence-electron chi connectivity index (χ4n) is 1.29. The van der Waals surface area contributed by atoms with E-state index in [-0.39, 0.29) is 6.04 Å². The van der Waals surface area contributed by atoms with Gasteiger partial charge in [0.25, 0.3) is 0 Å². The standard InChI is InChI=1S/C9H15NO2/c1-6-4-8(7(2)12-6)9(10)5-11-3/h4,9H,5,10H2,1-3H3/t9-/m1/s1. The minimum absolute atomic E-state index is 0.0764. The highest BCUT2D eigenvalue weighted by Gasteiger charge is 2.12. The van der Waals surface area contributed by atoms with Gasteiger partial charge < -0.3 is 14.9 Å². The molecule has 3 heteroatoms. The van der Waals surface area contributed by atoms with E-state index in [1.807, 2.05) is 19.9 Å². The molecule has 1 atom stereocenters. The van der Waals surface area contributed by atoms with Crippen LogP contribution in [0.5, 0.6) is 0 Å². The maximum atomic E-state index is 5.83. The minimum Gasteiger partial charge on any atom is -0.466 e. The van der Waals surface area contributed by atoms with Crippen molar-refractivity contribution in [3.05, 3.63) is 23.2 Å². The Hall–Kier alpha value is -0.800. The molecule has 12 heavy (non-hydrogen) atoms. The maximum absolute atomic E-state index is 5.83. The molecule has 1 rings (SSSR count). The molecule has 0 saturated heterocycles. The van der Waals surface area contributed by atoms with Crippen molar-refractivity contribution in [1.82, 2.24) is 0 Å². The summed E-state index contributed by atoms with van der Waals surface area (Å²) in [5.74, 6) is 1.78. The third kappa shape index (κ3) is 1.87. The van der Waals surface area contributed by atoms with Gasteiger partial charge in [-0.1, -0.05) is 0 Å². The summed E-state index contributed by atoms with van der Waals surface area (Å²) in [6, 6.07) is 1.88. The lowest BCUT2D eigenvalue weighted by Gasteiger charge is -2.07. The number of rotatable bonds is 3. The van der Waals surface area contributed by atoms with Crippen LogP contribution in [-0.2, 0) is 4.74 Å². The van der Waals surface area contributed by atoms with E-state index in [9.17, 15) is 0 Å². The van der Waals surface area contributed by atoms with Crippen molar-refractivity contribution in [2.45, 2.75) is 19.9 Å². The van der Waals surface area contributed by atoms with Crippen molar-refractivity contribution in [2.24, 2.45) is 5.73 Å². The van der Waals surface area contributed by atoms with Crippen molar-refractivity contribution >= 4 is 0 Å². The predicted molar refractivity (Wildman–Crippen MR) is 47.0 cm³/mol. The third-order valence-electron chi connectivity index (χ3n) is 1.83. The van der Waals surface area contributed by atoms with Gasteiger partial charge in [0, 0.05) is 12.7 Å². The Morgan fingerprint density at radius 2 is 2.25 bits per heavy atom. The Balaban J connectivity index is 2.79. The molecule has 0 fully saturated rings. The molecule has 0 saturated carbocycles. The first-order valence-electron chi connectivity index (χ1n) is 3.96. The third-order valence-corrected chi connectivity index (χ3v) is 1.83. The molecule has 3 nitrogen and oxygen atoms in total. The van der Waals surface area contributed by atoms with E-state index in [2.05, 4.69) is 0 Å². The van der Waals surface area contributed by atoms with Gasteiger partial charge in [-0.05, 0) is 19.9 Å². The molecule has 2 N–H and O–H groups in total. The monoisotopic (exact) mass is 169 g/mol. The molecule has 0 aromatic carbocycles. The molecule has 0 amide bonds. The lowest BCUT2D eigenvalue weighted by atomic mass is 10.1. The fraction of sp³-hybridized carbons (Fsp3) is 0.556. The lowest BCUT2D eigenvalue weighted by molar-refractivity contribution is 0.180. The molecule has 0 aliphatic heterocycles. The van der Waals surface area contributed by atoms with Crippen LogP contribution in [0.2, 0.25) is 0 Å². The van der Waals surface area contributed by atoms with Crippen LogP contribution in [0.25, 0.3) is 0 Å². The van der Waals surface area contributed by atoms with Gasteiger partial charge in [-0.2, -0.15) is 0 Å². The van der Waals surface area contributed by atoms with Crippen LogP contribution in [0, 0.1) is 13.8 Å². The Morgan fingerprint density at radius 1 is 1.58 bits per heavy atom. The molecule has 0 aliphatic carbocycles. The topological polar surface area (TPSA) is 48.4 Å². The Bertz CT molecular complexity index is 255. The lowest BCUT2D eigenvalue weighted by Crippen LogP contribution is -2.16. The molecule has 1 aromatic heterocycles. The molecule has 0 spiro atoms. The highest BCUT2D eigenvalue weighted by atomic mass is 16.5. The van der Waals surface area contributed by atoms with Gasteiger partial charge in [-0.15, -0.1) is 0 Å². The molecule has 0 aliphatic rings. The van der Waals surface area contributed by atoms with Crippen molar-refractivity contribution in [3.63, 3.8) is 0 Å². The summed E-state index contributed by atoms with van der Waals surface area (Å²) in [5.41, 5.74) is 6.87. The van der Waals surface area contributed by atoms with Gasteiger partial charge in [0.15, 0.2) is 0 Å². The maximum Gasteiger partial charge on any atom is 0.105 e. The molecule has 68 valence electrons. The van der Waals surface area contributed by atoms with E-state index >= 15 is 0 Å². The summed E-state index contributed by atoms with van der Waals surface area (Å²) in [4.78, 5) is 0. The smallest absolute Gasteiger partial charge is 0.105 e. The van der Waals surface area contributed by atoms with E-state index in [1.165, 1.54) is 0 Å². The number of aryl methyl sites for hydroxylation is 2. The number of ether oxygens (including phenoxy) is 1. The molecular formula is C9H15NO2. The average Bonchev–Trinajstić information content (AvgIpc) is 2.30. The summed E-state index contributed by atoms with van der Waals surface area (Å²) >= 11 is 0. The van der Waals surface area contributed by atoms with Gasteiger partial charge >= 0.3 is 0 Å². The Morgan fingerprint density at radius 3 is 2.67 bits per heavy atom. The van der Waals surface area contributed by atoms with Crippen LogP contribution >= 0.6 is 0 Å². The van der Waals surface area contributed by atoms with Crippen LogP contribution in [0.15, 0.2) is 10.5 Å². The first-order valence-corrected chi connectivity index (χ1v) is 3.96. The second kappa shape index (κ2) is 3.74. The largest absolute Gasteiger partial charge is 0.466 e. The summed E-state index contributed by atoms with van der Waals surface area (Å²) in [7, 11) is 1.64. The van der Waals surface area contributed by atoms with Crippen LogP contribution in [0.1, 0.15) is 23.1 Å². The minimum atomic E-state index is -0.0764. The van der Waals surface area contributed by atoms with Crippen molar-refractivity contribution in [2.75, 3.05) is 13.7 Å². The number of methoxy groups -OCH3 is 1. The first-order chi connectivity index (χ1) is 5.65. The predicted octanol–water partition coefficient (Wildman–Crippen LogP) is 1.54. The number of furan rings is 1. The van der Waals surface area contributed by atoms with Crippen LogP contribution in [-0.4, -0.2) is 13.7 Å². The number of nitrogens with two attached hydrogens (primary N) is 1. The van der Waals surface area contributed by atoms with E-state index in [4.69, 9.17) is 14.9 Å². The fourth-order valence-corrected chi connectivity index (χ4v) is 1.29. The van der Waals surface area contributed by atoms with Crippen molar-refractivity contribution in [1.29, 1.82) is 0 Å². The van der Waals surface area contributed by atoms with Crippen molar-refractivity contribution < 1.29 is 9.15 Å². The van der Waals surface area contributed by atoms with E-state index in [0.29, 0.717) is 6.61 Å². The zero-order chi connectivity index (χ0) is 9.14. The normalized spacial score (nSPS) is 13.3. The quantitative estimate of drug-likeness (QED) is 0.746. The molecule has 0 unspecified atom stereocenters. The van der Waals surface area contributed by atoms with Gasteiger partial charge in [-0.3, -0.25) is 0 Å². The van der Waals surface area contributed by atoms with Gasteiger partial charge in [0.2, 0.25) is 0 Å². The highest BCUT2D eigenvalue weighted by molar-refractivity contribution is 5.23. The van der Waals surface area contributed by atoms with Gasteiger partial charge in [-0.25, -0.2) is 0 Å². The van der Waals surface area contributed by atoms with Crippen molar-refractivity contribution in [3.8, 4) is 0 Å². The highest BCUT2D eigenvalue weighted by Crippen LogP contribution is 2.19. The molecule has 1 heterocycles. The first kappa shape index (κ1) is 9.29. The van der Waals surface area contributed by atoms with Crippen LogP contribution in [0.4, 0.5) is 0 Å². The SMILES string of the molecule is COC[C@@H](N)c1cc(C)oc1C. The summed E-state index contributed by atoms with van der Waals surface area (Å²) < 4.78 is 10.3. The Labute approximate surface area is 72.5 Å². The molecule has 0 radical (unpaired) electrons. The number of hydrogen-bond acceptors (Lipinski definition) is 3. The van der Waals surface area contributed by atoms with E-state index < -0.39 is 0 Å². The zero-order valence-corrected chi connectivity index (χ0v) is 7.76. The van der Waals surface area contributed by atoms with Gasteiger partial charge in [0.1, 0.15) is 11.5 Å². The second-order valence-corrected chi connectivity index (χ2v) is 2.93. The summed E-state index contributed by atoms with van der Waals surface area (Å²) in [6.07, 6.45) is 0. The van der Waals surface area contributed by atoms with Crippen LogP contribution in [0.3, 0.4) is 0 Å². The average molecular weight is 169 g/mol. The van der Waals surface area contributed by atoms with Crippen LogP contribution < -0.4 is 5.73 Å². The van der Waals surface area contributed by atoms with Gasteiger partial charge in [0.05, 0.1) is 12.6 Å². The van der Waals surface area contributed by atoms with E-state index in [0.717, 1.165) is 17.1 Å². The summed E-state index contributed by atoms with van der Waals surface area (Å²) in [5, 5.41) is 0. The number of hydrogen-bond donors (Lipinski definition) is 1. The molecular weight excluding hydrogens is 154 g/mol. The Kier molecular flexibility index (Phi) is 2.89. The van der Waals surface area contributed by atoms with E-state index in [1.54, 1.807) is 7.11 Å². The summed E-state index contributed by atoms with van der Waals surface area (Å²) in [6.45, 7) is 4.35. The molecule has 0 bridgehead atoms. The zero-order valence-electron chi connectivity index (χ0n) is 7.76.